The highest BCUT2D eigenvalue weighted by Crippen LogP contribution is 2.40. The van der Waals surface area contributed by atoms with Crippen LogP contribution in [0.1, 0.15) is 172 Å². The smallest absolute Gasteiger partial charge is 0.246 e. The highest BCUT2D eigenvalue weighted by molar-refractivity contribution is 5.98. The van der Waals surface area contributed by atoms with Gasteiger partial charge in [-0.2, -0.15) is 0 Å². The van der Waals surface area contributed by atoms with Crippen LogP contribution in [0.3, 0.4) is 0 Å². The number of anilines is 1. The van der Waals surface area contributed by atoms with Gasteiger partial charge in [0.05, 0.1) is 6.04 Å². The molecule has 1 saturated carbocycles. The zero-order valence-electron chi connectivity index (χ0n) is 82.5. The lowest BCUT2D eigenvalue weighted by molar-refractivity contribution is -0.129. The van der Waals surface area contributed by atoms with E-state index in [4.69, 9.17) is 5.73 Å². The molecule has 0 radical (unpaired) electrons. The minimum atomic E-state index is -0.356. The lowest BCUT2D eigenvalue weighted by Crippen LogP contribution is -2.44. The van der Waals surface area contributed by atoms with E-state index in [1.165, 1.54) is 188 Å². The van der Waals surface area contributed by atoms with Gasteiger partial charge in [-0.3, -0.25) is 48.1 Å². The summed E-state index contributed by atoms with van der Waals surface area (Å²) >= 11 is 0. The van der Waals surface area contributed by atoms with Gasteiger partial charge >= 0.3 is 0 Å². The average Bonchev–Trinajstić information content (AvgIpc) is 1.47. The van der Waals surface area contributed by atoms with Crippen molar-refractivity contribution >= 4 is 58.7 Å². The first-order valence-electron chi connectivity index (χ1n) is 49.6. The zero-order chi connectivity index (χ0) is 102. The Kier molecular flexibility index (Phi) is 37.0. The van der Waals surface area contributed by atoms with Crippen molar-refractivity contribution in [3.05, 3.63) is 515 Å². The molecule has 2 unspecified atom stereocenters. The minimum absolute atomic E-state index is 0.000402. The molecule has 1 aliphatic carbocycles. The third kappa shape index (κ3) is 27.5. The molecule has 8 aliphatic heterocycles. The normalized spacial score (nSPS) is 16.8. The van der Waals surface area contributed by atoms with Crippen LogP contribution in [0.25, 0.3) is 0 Å². The quantitative estimate of drug-likeness (QED) is 0.0513. The molecule has 1 saturated heterocycles. The predicted molar refractivity (Wildman–Crippen MR) is 572 cm³/mol. The maximum Gasteiger partial charge on any atom is 0.246 e. The number of ketones is 1. The van der Waals surface area contributed by atoms with E-state index in [0.29, 0.717) is 71.0 Å². The second kappa shape index (κ2) is 51.4. The van der Waals surface area contributed by atoms with E-state index in [1.54, 1.807) is 20.9 Å². The molecule has 9 heterocycles. The molecule has 9 aliphatic rings. The molecule has 20 heteroatoms. The Bertz CT molecular complexity index is 6550. The number of aromatic nitrogens is 1. The van der Waals surface area contributed by atoms with E-state index >= 15 is 0 Å². The topological polar surface area (TPSA) is 218 Å². The van der Waals surface area contributed by atoms with Crippen LogP contribution in [0.2, 0.25) is 0 Å². The summed E-state index contributed by atoms with van der Waals surface area (Å²) < 4.78 is 12.9. The SMILES string of the molecule is C=CC(=O)N1CCC2CCCCC2C1.C=CC(=O)N1CCc2ccccc2[C@H]1c1ccccc1.C=CC(=O)N1Cc2ccc(CC(=O)c3ccc(F)cc3)cc2C1.C=CC(=O)N1Cc2ccc(CCc3cccnc3)cc2C1.C=CC(=O)N1Cc2ccc(N)cc2C1.C=CC(=O)N1Cc2ccccc2C1.C=CC(=O)N1Cc2ccccc2[C@@H](c2ccccc2)C1.C=CC(=O)N1Cc2ccccc2[C@H](c2ccccc2)C1. The van der Waals surface area contributed by atoms with Crippen molar-refractivity contribution < 1.29 is 47.5 Å². The Morgan fingerprint density at radius 2 is 0.690 bits per heavy atom. The van der Waals surface area contributed by atoms with Gasteiger partial charge in [0.25, 0.3) is 0 Å². The molecule has 2 fully saturated rings. The molecule has 1 aromatic heterocycles. The number of hydrogen-bond acceptors (Lipinski definition) is 11. The number of nitrogens with two attached hydrogens (primary N) is 1. The number of likely N-dealkylation sites (tertiary alicyclic amines) is 1. The monoisotopic (exact) mass is 1930 g/mol. The molecule has 2 N–H and O–H groups in total. The summed E-state index contributed by atoms with van der Waals surface area (Å²) in [4.78, 5) is 125. The first kappa shape index (κ1) is 104. The summed E-state index contributed by atoms with van der Waals surface area (Å²) in [6.45, 7) is 39.1. The molecule has 0 bridgehead atoms. The number of pyridine rings is 1. The average molecular weight is 1930 g/mol. The number of benzene rings is 11. The van der Waals surface area contributed by atoms with Crippen LogP contribution >= 0.6 is 0 Å². The number of nitrogen functional groups attached to an aromatic ring is 1. The van der Waals surface area contributed by atoms with Crippen molar-refractivity contribution in [3.63, 3.8) is 0 Å². The largest absolute Gasteiger partial charge is 0.399 e. The maximum absolute atomic E-state index is 12.9. The lowest BCUT2D eigenvalue weighted by atomic mass is 9.75. The fraction of sp³-hybridized carbons (Fsp3) is 0.232. The Morgan fingerprint density at radius 3 is 1.16 bits per heavy atom. The van der Waals surface area contributed by atoms with Crippen LogP contribution in [-0.2, 0) is 129 Å². The second-order valence-corrected chi connectivity index (χ2v) is 37.3. The molecular formula is C125H127FN10O9. The number of fused-ring (bicyclic) bond motifs is 8. The second-order valence-electron chi connectivity index (χ2n) is 37.3. The molecule has 738 valence electrons. The summed E-state index contributed by atoms with van der Waals surface area (Å²) in [5, 5.41) is 0. The van der Waals surface area contributed by atoms with Crippen molar-refractivity contribution in [1.82, 2.24) is 44.2 Å². The Morgan fingerprint density at radius 1 is 0.317 bits per heavy atom. The van der Waals surface area contributed by atoms with Crippen LogP contribution in [0.5, 0.6) is 0 Å². The zero-order valence-corrected chi connectivity index (χ0v) is 82.5. The standard InChI is InChI=1S/C19H16FNO2.C18H18N2O.3C18H17NO.C12H19NO.C11H12N2O.C11H11NO/c1-2-19(23)21-11-15-4-3-13(9-16(15)12-21)10-18(22)14-5-7-17(20)8-6-14;1-2-18(21)20-12-16-8-7-14(10-17(16)13-20)5-6-15-4-3-9-19-11-15;1-2-17(20)19-13-12-14-8-6-7-11-16(14)18(19)15-9-4-3-5-10-15;2*1-2-18(20)19-12-15-10-6-7-11-16(15)17(13-19)14-8-4-3-5-9-14;1-2-12(14)13-8-7-10-5-3-4-6-11(10)9-13;1-2-11(14)13-6-8-3-4-10(12)5-9(8)7-13;1-2-11(13)12-7-9-5-3-4-6-10(9)8-12/h2-9H,1,10-12H2;2-4,7-11H,1,5-6,12-13H2;2-11,18H,1,12-13H2;2*2-11,17H,1,12-13H2;2,10-11H,1,3-9H2;2-5H,1,6-7,12H2;2-6H,1,7-8H2/t;;18-;2*17-;;;/m..110.../s1. The van der Waals surface area contributed by atoms with Crippen LogP contribution in [0, 0.1) is 17.7 Å². The van der Waals surface area contributed by atoms with Crippen LogP contribution in [-0.4, -0.2) is 130 Å². The van der Waals surface area contributed by atoms with E-state index in [-0.39, 0.29) is 83.2 Å². The molecule has 0 spiro atoms. The van der Waals surface area contributed by atoms with Gasteiger partial charge in [0, 0.05) is 140 Å². The number of nitrogens with zero attached hydrogens (tertiary/aromatic N) is 9. The summed E-state index contributed by atoms with van der Waals surface area (Å²) in [6, 6.07) is 91.9. The summed E-state index contributed by atoms with van der Waals surface area (Å²) in [7, 11) is 0. The van der Waals surface area contributed by atoms with E-state index in [1.807, 2.05) is 158 Å². The van der Waals surface area contributed by atoms with E-state index in [0.717, 1.165) is 97.3 Å². The Balaban J connectivity index is 0.000000132. The van der Waals surface area contributed by atoms with E-state index in [9.17, 15) is 47.5 Å². The van der Waals surface area contributed by atoms with E-state index in [2.05, 4.69) is 185 Å². The van der Waals surface area contributed by atoms with Gasteiger partial charge in [-0.15, -0.1) is 0 Å². The van der Waals surface area contributed by atoms with Gasteiger partial charge in [-0.05, 0) is 246 Å². The fourth-order valence-corrected chi connectivity index (χ4v) is 20.4. The summed E-state index contributed by atoms with van der Waals surface area (Å²) in [5.41, 5.74) is 31.1. The third-order valence-corrected chi connectivity index (χ3v) is 28.1. The Hall–Kier alpha value is -16.4. The fourth-order valence-electron chi connectivity index (χ4n) is 20.4. The van der Waals surface area contributed by atoms with Gasteiger partial charge < -0.3 is 44.9 Å². The molecule has 21 rings (SSSR count). The first-order chi connectivity index (χ1) is 70.5. The van der Waals surface area contributed by atoms with Crippen molar-refractivity contribution in [1.29, 1.82) is 0 Å². The Labute approximate surface area is 851 Å². The van der Waals surface area contributed by atoms with Gasteiger partial charge in [0.15, 0.2) is 5.78 Å². The molecule has 8 amide bonds. The number of aryl methyl sites for hydroxylation is 2. The van der Waals surface area contributed by atoms with Crippen molar-refractivity contribution in [2.75, 3.05) is 38.5 Å². The lowest BCUT2D eigenvalue weighted by Gasteiger charge is -2.40. The molecular weight excluding hydrogens is 1800 g/mol. The van der Waals surface area contributed by atoms with Crippen molar-refractivity contribution in [3.8, 4) is 0 Å². The predicted octanol–water partition coefficient (Wildman–Crippen LogP) is 21.4. The van der Waals surface area contributed by atoms with Gasteiger partial charge in [0.2, 0.25) is 47.3 Å². The number of amides is 8. The number of halogens is 1. The maximum atomic E-state index is 12.9. The van der Waals surface area contributed by atoms with Gasteiger partial charge in [0.1, 0.15) is 5.82 Å². The van der Waals surface area contributed by atoms with Crippen molar-refractivity contribution in [2.45, 2.75) is 141 Å². The van der Waals surface area contributed by atoms with E-state index < -0.39 is 0 Å². The van der Waals surface area contributed by atoms with Crippen LogP contribution in [0.4, 0.5) is 10.1 Å². The number of carbonyl (C=O) groups is 9. The molecule has 145 heavy (non-hydrogen) atoms. The third-order valence-electron chi connectivity index (χ3n) is 28.1. The molecule has 11 aromatic carbocycles. The highest BCUT2D eigenvalue weighted by atomic mass is 19.1. The van der Waals surface area contributed by atoms with Crippen LogP contribution in [0.15, 0.2) is 393 Å². The highest BCUT2D eigenvalue weighted by Gasteiger charge is 2.36. The summed E-state index contributed by atoms with van der Waals surface area (Å²) in [5.74, 6) is 1.76. The number of rotatable bonds is 17. The number of Topliss-reactive ketones (excluding diaryl/α,β-unsaturated/α-hetero) is 1. The molecule has 12 aromatic rings. The van der Waals surface area contributed by atoms with Crippen molar-refractivity contribution in [2.24, 2.45) is 11.8 Å². The summed E-state index contributed by atoms with van der Waals surface area (Å²) in [6.07, 6.45) is 24.6. The number of hydrogen-bond donors (Lipinski definition) is 1. The molecule has 19 nitrogen and oxygen atoms in total. The number of piperidine rings is 1. The number of carbonyl (C=O) groups excluding carboxylic acids is 9. The molecule has 5 atom stereocenters. The van der Waals surface area contributed by atoms with Crippen LogP contribution < -0.4 is 5.73 Å². The van der Waals surface area contributed by atoms with Gasteiger partial charge in [-0.1, -0.05) is 308 Å². The van der Waals surface area contributed by atoms with Gasteiger partial charge in [-0.25, -0.2) is 4.39 Å². The first-order valence-corrected chi connectivity index (χ1v) is 49.6. The minimum Gasteiger partial charge on any atom is -0.399 e.